The molecule has 0 aromatic heterocycles. The van der Waals surface area contributed by atoms with Gasteiger partial charge < -0.3 is 13.8 Å². The molecule has 0 radical (unpaired) electrons. The van der Waals surface area contributed by atoms with Crippen LogP contribution in [0.5, 0.6) is 11.5 Å². The molecule has 160 valence electrons. The van der Waals surface area contributed by atoms with Crippen LogP contribution in [0.15, 0.2) is 18.2 Å². The summed E-state index contributed by atoms with van der Waals surface area (Å²) in [6.45, 7) is 6.55. The highest BCUT2D eigenvalue weighted by atomic mass is 32.2. The Morgan fingerprint density at radius 2 is 1.71 bits per heavy atom. The molecule has 0 atom stereocenters. The van der Waals surface area contributed by atoms with Gasteiger partial charge in [0.15, 0.2) is 11.5 Å². The van der Waals surface area contributed by atoms with Gasteiger partial charge in [0.25, 0.3) is 0 Å². The van der Waals surface area contributed by atoms with Gasteiger partial charge in [0.05, 0.1) is 13.4 Å². The summed E-state index contributed by atoms with van der Waals surface area (Å²) in [5.41, 5.74) is 0.796. The summed E-state index contributed by atoms with van der Waals surface area (Å²) >= 11 is 0. The average Bonchev–Trinajstić information content (AvgIpc) is 2.61. The monoisotopic (exact) mass is 413 g/mol. The summed E-state index contributed by atoms with van der Waals surface area (Å²) in [6.07, 6.45) is 8.37. The number of rotatable bonds is 13. The van der Waals surface area contributed by atoms with E-state index in [4.69, 9.17) is 8.92 Å². The number of carbonyl (C=O) groups excluding carboxylic acids is 1. The molecule has 0 aliphatic carbocycles. The fraction of sp³-hybridized carbons (Fsp3) is 0.667. The molecule has 0 saturated heterocycles. The number of carbonyl (C=O) groups is 1. The maximum absolute atomic E-state index is 12.7. The van der Waals surface area contributed by atoms with Gasteiger partial charge in [0.1, 0.15) is 0 Å². The van der Waals surface area contributed by atoms with Crippen LogP contribution < -0.4 is 8.92 Å². The topological polar surface area (TPSA) is 72.9 Å². The van der Waals surface area contributed by atoms with Crippen molar-refractivity contribution in [2.45, 2.75) is 78.3 Å². The minimum absolute atomic E-state index is 0.0500. The number of hydrogen-bond acceptors (Lipinski definition) is 5. The Morgan fingerprint density at radius 3 is 2.29 bits per heavy atom. The summed E-state index contributed by atoms with van der Waals surface area (Å²) in [5, 5.41) is 0. The quantitative estimate of drug-likeness (QED) is 0.351. The second-order valence-electron chi connectivity index (χ2n) is 7.41. The van der Waals surface area contributed by atoms with Crippen LogP contribution in [0.3, 0.4) is 0 Å². The summed E-state index contributed by atoms with van der Waals surface area (Å²) in [4.78, 5) is 14.5. The standard InChI is InChI=1S/C21H35NO5S/c1-6-7-8-9-10-11-12-21(23)22(17(2)3)16-18-13-14-19(26-4)20(15-18)27-28(5,24)25/h13-15,17H,6-12,16H2,1-5H3. The highest BCUT2D eigenvalue weighted by Crippen LogP contribution is 2.30. The van der Waals surface area contributed by atoms with E-state index in [0.29, 0.717) is 18.7 Å². The van der Waals surface area contributed by atoms with Crippen LogP contribution in [-0.4, -0.2) is 38.6 Å². The Morgan fingerprint density at radius 1 is 1.07 bits per heavy atom. The van der Waals surface area contributed by atoms with E-state index < -0.39 is 10.1 Å². The zero-order valence-electron chi connectivity index (χ0n) is 17.9. The highest BCUT2D eigenvalue weighted by molar-refractivity contribution is 7.86. The van der Waals surface area contributed by atoms with E-state index in [1.165, 1.54) is 32.8 Å². The molecule has 0 unspecified atom stereocenters. The molecule has 0 spiro atoms. The Kier molecular flexibility index (Phi) is 10.4. The van der Waals surface area contributed by atoms with Crippen molar-refractivity contribution in [2.75, 3.05) is 13.4 Å². The molecule has 6 nitrogen and oxygen atoms in total. The number of unbranched alkanes of at least 4 members (excludes halogenated alkanes) is 5. The van der Waals surface area contributed by atoms with Gasteiger partial charge in [0.2, 0.25) is 5.91 Å². The van der Waals surface area contributed by atoms with Crippen LogP contribution in [0.25, 0.3) is 0 Å². The first-order valence-corrected chi connectivity index (χ1v) is 11.9. The first kappa shape index (κ1) is 24.3. The molecule has 1 aromatic carbocycles. The van der Waals surface area contributed by atoms with Gasteiger partial charge in [0, 0.05) is 19.0 Å². The molecule has 7 heteroatoms. The van der Waals surface area contributed by atoms with Crippen molar-refractivity contribution in [1.29, 1.82) is 0 Å². The van der Waals surface area contributed by atoms with E-state index in [2.05, 4.69) is 6.92 Å². The van der Waals surface area contributed by atoms with Gasteiger partial charge in [-0.2, -0.15) is 8.42 Å². The van der Waals surface area contributed by atoms with Crippen LogP contribution >= 0.6 is 0 Å². The summed E-state index contributed by atoms with van der Waals surface area (Å²) in [7, 11) is -2.22. The molecule has 0 N–H and O–H groups in total. The van der Waals surface area contributed by atoms with E-state index in [1.54, 1.807) is 12.1 Å². The van der Waals surface area contributed by atoms with Crippen molar-refractivity contribution in [3.8, 4) is 11.5 Å². The smallest absolute Gasteiger partial charge is 0.306 e. The average molecular weight is 414 g/mol. The molecule has 1 rings (SSSR count). The Bertz CT molecular complexity index is 716. The number of hydrogen-bond donors (Lipinski definition) is 0. The molecule has 0 bridgehead atoms. The molecule has 0 fully saturated rings. The van der Waals surface area contributed by atoms with E-state index in [9.17, 15) is 13.2 Å². The normalized spacial score (nSPS) is 11.5. The third kappa shape index (κ3) is 8.95. The third-order valence-corrected chi connectivity index (χ3v) is 4.99. The Hall–Kier alpha value is -1.76. The molecular formula is C21H35NO5S. The lowest BCUT2D eigenvalue weighted by Gasteiger charge is -2.27. The second-order valence-corrected chi connectivity index (χ2v) is 8.98. The summed E-state index contributed by atoms with van der Waals surface area (Å²) in [5.74, 6) is 0.588. The lowest BCUT2D eigenvalue weighted by molar-refractivity contribution is -0.133. The van der Waals surface area contributed by atoms with Gasteiger partial charge in [-0.15, -0.1) is 0 Å². The highest BCUT2D eigenvalue weighted by Gasteiger charge is 2.19. The molecule has 1 aromatic rings. The zero-order valence-corrected chi connectivity index (χ0v) is 18.7. The van der Waals surface area contributed by atoms with Crippen LogP contribution in [-0.2, 0) is 21.5 Å². The van der Waals surface area contributed by atoms with Crippen molar-refractivity contribution in [3.05, 3.63) is 23.8 Å². The number of methoxy groups -OCH3 is 1. The van der Waals surface area contributed by atoms with Crippen molar-refractivity contribution in [1.82, 2.24) is 4.90 Å². The van der Waals surface area contributed by atoms with Crippen molar-refractivity contribution < 1.29 is 22.1 Å². The first-order chi connectivity index (χ1) is 13.2. The van der Waals surface area contributed by atoms with Gasteiger partial charge in [-0.05, 0) is 38.0 Å². The fourth-order valence-corrected chi connectivity index (χ4v) is 3.46. The third-order valence-electron chi connectivity index (χ3n) is 4.51. The summed E-state index contributed by atoms with van der Waals surface area (Å²) < 4.78 is 33.2. The van der Waals surface area contributed by atoms with Gasteiger partial charge in [-0.25, -0.2) is 0 Å². The molecule has 0 saturated carbocycles. The number of nitrogens with zero attached hydrogens (tertiary/aromatic N) is 1. The maximum Gasteiger partial charge on any atom is 0.306 e. The van der Waals surface area contributed by atoms with Crippen molar-refractivity contribution in [3.63, 3.8) is 0 Å². The SMILES string of the molecule is CCCCCCCCC(=O)N(Cc1ccc(OC)c(OS(C)(=O)=O)c1)C(C)C. The molecule has 28 heavy (non-hydrogen) atoms. The van der Waals surface area contributed by atoms with Gasteiger partial charge in [-0.1, -0.05) is 45.1 Å². The molecule has 0 heterocycles. The summed E-state index contributed by atoms with van der Waals surface area (Å²) in [6, 6.07) is 5.15. The zero-order chi connectivity index (χ0) is 21.2. The largest absolute Gasteiger partial charge is 0.493 e. The lowest BCUT2D eigenvalue weighted by atomic mass is 10.1. The minimum Gasteiger partial charge on any atom is -0.493 e. The van der Waals surface area contributed by atoms with Crippen LogP contribution in [0.2, 0.25) is 0 Å². The fourth-order valence-electron chi connectivity index (χ4n) is 3.00. The first-order valence-electron chi connectivity index (χ1n) is 10.0. The Balaban J connectivity index is 2.77. The van der Waals surface area contributed by atoms with Crippen molar-refractivity contribution >= 4 is 16.0 Å². The molecular weight excluding hydrogens is 378 g/mol. The lowest BCUT2D eigenvalue weighted by Crippen LogP contribution is -2.36. The van der Waals surface area contributed by atoms with Crippen LogP contribution in [0.1, 0.15) is 71.3 Å². The minimum atomic E-state index is -3.67. The predicted octanol–water partition coefficient (Wildman–Crippen LogP) is 4.52. The predicted molar refractivity (Wildman–Crippen MR) is 112 cm³/mol. The van der Waals surface area contributed by atoms with Crippen molar-refractivity contribution in [2.24, 2.45) is 0 Å². The molecule has 0 aliphatic rings. The Labute approximate surface area is 170 Å². The van der Waals surface area contributed by atoms with E-state index >= 15 is 0 Å². The number of benzene rings is 1. The number of amides is 1. The molecule has 1 amide bonds. The molecule has 0 aliphatic heterocycles. The van der Waals surface area contributed by atoms with E-state index in [1.807, 2.05) is 24.8 Å². The van der Waals surface area contributed by atoms with Crippen LogP contribution in [0.4, 0.5) is 0 Å². The second kappa shape index (κ2) is 11.9. The van der Waals surface area contributed by atoms with E-state index in [-0.39, 0.29) is 17.7 Å². The van der Waals surface area contributed by atoms with E-state index in [0.717, 1.165) is 24.7 Å². The number of ether oxygens (including phenoxy) is 1. The van der Waals surface area contributed by atoms with Gasteiger partial charge in [-0.3, -0.25) is 4.79 Å². The van der Waals surface area contributed by atoms with Crippen LogP contribution in [0, 0.1) is 0 Å². The van der Waals surface area contributed by atoms with Gasteiger partial charge >= 0.3 is 10.1 Å². The maximum atomic E-state index is 12.7.